The summed E-state index contributed by atoms with van der Waals surface area (Å²) in [5, 5.41) is 2.45. The molecule has 2 aromatic rings. The maximum atomic E-state index is 11.8. The summed E-state index contributed by atoms with van der Waals surface area (Å²) in [6.45, 7) is 3.95. The summed E-state index contributed by atoms with van der Waals surface area (Å²) in [5.41, 5.74) is 4.42. The lowest BCUT2D eigenvalue weighted by atomic mass is 10.3. The fraction of sp³-hybridized carbons (Fsp3) is 0.125. The summed E-state index contributed by atoms with van der Waals surface area (Å²) in [4.78, 5) is 23.1. The Kier molecular flexibility index (Phi) is 5.81. The van der Waals surface area contributed by atoms with Crippen molar-refractivity contribution in [2.75, 3.05) is 6.54 Å². The number of amides is 3. The molecule has 0 radical (unpaired) electrons. The molecule has 7 nitrogen and oxygen atoms in total. The number of hydrogen-bond donors (Lipinski definition) is 3. The van der Waals surface area contributed by atoms with Gasteiger partial charge in [-0.05, 0) is 24.3 Å². The van der Waals surface area contributed by atoms with Crippen molar-refractivity contribution in [3.63, 3.8) is 0 Å². The SMILES string of the molecule is C=CCNC(=O)NNC(=O)c1ccc(COc2ccccc2)o1. The van der Waals surface area contributed by atoms with Gasteiger partial charge in [0.25, 0.3) is 0 Å². The average Bonchev–Trinajstić information content (AvgIpc) is 3.06. The molecule has 3 N–H and O–H groups in total. The number of carbonyl (C=O) groups is 2. The molecule has 0 saturated carbocycles. The van der Waals surface area contributed by atoms with Crippen LogP contribution in [0.4, 0.5) is 4.79 Å². The molecular weight excluding hydrogens is 298 g/mol. The average molecular weight is 315 g/mol. The van der Waals surface area contributed by atoms with E-state index in [-0.39, 0.29) is 12.4 Å². The van der Waals surface area contributed by atoms with E-state index in [1.54, 1.807) is 6.07 Å². The third kappa shape index (κ3) is 5.24. The molecule has 1 heterocycles. The van der Waals surface area contributed by atoms with E-state index >= 15 is 0 Å². The highest BCUT2D eigenvalue weighted by atomic mass is 16.5. The molecule has 0 aliphatic carbocycles. The van der Waals surface area contributed by atoms with E-state index < -0.39 is 11.9 Å². The second-order valence-electron chi connectivity index (χ2n) is 4.45. The van der Waals surface area contributed by atoms with Gasteiger partial charge in [0.05, 0.1) is 0 Å². The largest absolute Gasteiger partial charge is 0.486 e. The molecule has 0 unspecified atom stereocenters. The Labute approximate surface area is 133 Å². The van der Waals surface area contributed by atoms with Crippen LogP contribution in [-0.4, -0.2) is 18.5 Å². The van der Waals surface area contributed by atoms with E-state index in [4.69, 9.17) is 9.15 Å². The van der Waals surface area contributed by atoms with Gasteiger partial charge in [-0.1, -0.05) is 24.3 Å². The van der Waals surface area contributed by atoms with Gasteiger partial charge in [-0.25, -0.2) is 10.2 Å². The molecule has 23 heavy (non-hydrogen) atoms. The Hall–Kier alpha value is -3.22. The highest BCUT2D eigenvalue weighted by Crippen LogP contribution is 2.13. The Morgan fingerprint density at radius 1 is 1.13 bits per heavy atom. The fourth-order valence-corrected chi connectivity index (χ4v) is 1.63. The highest BCUT2D eigenvalue weighted by molar-refractivity contribution is 5.92. The van der Waals surface area contributed by atoms with Crippen molar-refractivity contribution in [2.45, 2.75) is 6.61 Å². The van der Waals surface area contributed by atoms with Crippen LogP contribution in [0.15, 0.2) is 59.5 Å². The lowest BCUT2D eigenvalue weighted by Gasteiger charge is -2.06. The molecule has 3 amide bonds. The van der Waals surface area contributed by atoms with Crippen molar-refractivity contribution >= 4 is 11.9 Å². The highest BCUT2D eigenvalue weighted by Gasteiger charge is 2.12. The van der Waals surface area contributed by atoms with Gasteiger partial charge in [-0.2, -0.15) is 0 Å². The zero-order valence-electron chi connectivity index (χ0n) is 12.4. The lowest BCUT2D eigenvalue weighted by molar-refractivity contribution is 0.0904. The van der Waals surface area contributed by atoms with E-state index in [2.05, 4.69) is 22.7 Å². The molecule has 7 heteroatoms. The Balaban J connectivity index is 1.80. The molecule has 2 rings (SSSR count). The Morgan fingerprint density at radius 3 is 2.65 bits per heavy atom. The number of carbonyl (C=O) groups excluding carboxylic acids is 2. The van der Waals surface area contributed by atoms with Crippen molar-refractivity contribution < 1.29 is 18.7 Å². The summed E-state index contributed by atoms with van der Waals surface area (Å²) in [7, 11) is 0. The van der Waals surface area contributed by atoms with Gasteiger partial charge in [0.1, 0.15) is 18.1 Å². The molecular formula is C16H17N3O4. The second-order valence-corrected chi connectivity index (χ2v) is 4.45. The van der Waals surface area contributed by atoms with Crippen molar-refractivity contribution in [2.24, 2.45) is 0 Å². The first kappa shape index (κ1) is 16.2. The van der Waals surface area contributed by atoms with Crippen LogP contribution in [0.5, 0.6) is 5.75 Å². The van der Waals surface area contributed by atoms with Gasteiger partial charge < -0.3 is 14.5 Å². The molecule has 0 bridgehead atoms. The van der Waals surface area contributed by atoms with Gasteiger partial charge in [-0.15, -0.1) is 6.58 Å². The summed E-state index contributed by atoms with van der Waals surface area (Å²) >= 11 is 0. The number of hydrazine groups is 1. The Morgan fingerprint density at radius 2 is 1.91 bits per heavy atom. The lowest BCUT2D eigenvalue weighted by Crippen LogP contribution is -2.46. The third-order valence-electron chi connectivity index (χ3n) is 2.71. The molecule has 1 aromatic heterocycles. The first-order valence-electron chi connectivity index (χ1n) is 6.90. The van der Waals surface area contributed by atoms with E-state index in [0.29, 0.717) is 18.1 Å². The minimum Gasteiger partial charge on any atom is -0.486 e. The van der Waals surface area contributed by atoms with Gasteiger partial charge in [-0.3, -0.25) is 10.2 Å². The smallest absolute Gasteiger partial charge is 0.333 e. The zero-order chi connectivity index (χ0) is 16.5. The molecule has 0 atom stereocenters. The molecule has 1 aromatic carbocycles. The van der Waals surface area contributed by atoms with Crippen LogP contribution in [0.3, 0.4) is 0 Å². The van der Waals surface area contributed by atoms with Crippen molar-refractivity contribution in [3.05, 3.63) is 66.6 Å². The normalized spacial score (nSPS) is 9.74. The van der Waals surface area contributed by atoms with Crippen LogP contribution in [0.2, 0.25) is 0 Å². The fourth-order valence-electron chi connectivity index (χ4n) is 1.63. The monoisotopic (exact) mass is 315 g/mol. The van der Waals surface area contributed by atoms with Crippen LogP contribution in [0.1, 0.15) is 16.3 Å². The van der Waals surface area contributed by atoms with Crippen molar-refractivity contribution in [1.29, 1.82) is 0 Å². The van der Waals surface area contributed by atoms with Crippen LogP contribution in [0, 0.1) is 0 Å². The summed E-state index contributed by atoms with van der Waals surface area (Å²) < 4.78 is 10.9. The molecule has 0 saturated heterocycles. The van der Waals surface area contributed by atoms with Gasteiger partial charge in [0.15, 0.2) is 5.76 Å². The molecule has 0 aliphatic heterocycles. The van der Waals surface area contributed by atoms with E-state index in [0.717, 1.165) is 0 Å². The maximum Gasteiger partial charge on any atom is 0.333 e. The van der Waals surface area contributed by atoms with E-state index in [9.17, 15) is 9.59 Å². The molecule has 120 valence electrons. The number of ether oxygens (including phenoxy) is 1. The van der Waals surface area contributed by atoms with Crippen LogP contribution < -0.4 is 20.9 Å². The van der Waals surface area contributed by atoms with Crippen LogP contribution in [0.25, 0.3) is 0 Å². The summed E-state index contributed by atoms with van der Waals surface area (Å²) in [6.07, 6.45) is 1.52. The molecule has 0 spiro atoms. The number of rotatable bonds is 6. The first-order chi connectivity index (χ1) is 11.2. The number of furan rings is 1. The van der Waals surface area contributed by atoms with Crippen LogP contribution in [-0.2, 0) is 6.61 Å². The van der Waals surface area contributed by atoms with Crippen LogP contribution >= 0.6 is 0 Å². The van der Waals surface area contributed by atoms with E-state index in [1.807, 2.05) is 30.3 Å². The predicted octanol–water partition coefficient (Wildman–Crippen LogP) is 1.99. The van der Waals surface area contributed by atoms with Crippen molar-refractivity contribution in [1.82, 2.24) is 16.2 Å². The second kappa shape index (κ2) is 8.28. The minimum atomic E-state index is -0.565. The number of hydrogen-bond acceptors (Lipinski definition) is 4. The van der Waals surface area contributed by atoms with E-state index in [1.165, 1.54) is 12.1 Å². The Bertz CT molecular complexity index is 667. The maximum absolute atomic E-state index is 11.8. The van der Waals surface area contributed by atoms with Gasteiger partial charge in [0, 0.05) is 6.54 Å². The summed E-state index contributed by atoms with van der Waals surface area (Å²) in [5.74, 6) is 0.705. The first-order valence-corrected chi connectivity index (χ1v) is 6.90. The third-order valence-corrected chi connectivity index (χ3v) is 2.71. The van der Waals surface area contributed by atoms with Gasteiger partial charge in [0.2, 0.25) is 0 Å². The standard InChI is InChI=1S/C16H17N3O4/c1-2-10-17-16(21)19-18-15(20)14-9-8-13(23-14)11-22-12-6-4-3-5-7-12/h2-9H,1,10-11H2,(H,18,20)(H2,17,19,21). The predicted molar refractivity (Wildman–Crippen MR) is 83.7 cm³/mol. The quantitative estimate of drug-likeness (QED) is 0.561. The number of nitrogens with one attached hydrogen (secondary N) is 3. The number of urea groups is 1. The number of benzene rings is 1. The zero-order valence-corrected chi connectivity index (χ0v) is 12.4. The van der Waals surface area contributed by atoms with Gasteiger partial charge >= 0.3 is 11.9 Å². The minimum absolute atomic E-state index is 0.0701. The molecule has 0 fully saturated rings. The molecule has 0 aliphatic rings. The van der Waals surface area contributed by atoms with Crippen molar-refractivity contribution in [3.8, 4) is 5.75 Å². The topological polar surface area (TPSA) is 92.6 Å². The summed E-state index contributed by atoms with van der Waals surface area (Å²) in [6, 6.07) is 11.8. The number of para-hydroxylation sites is 1.